The predicted octanol–water partition coefficient (Wildman–Crippen LogP) is 4.85. The van der Waals surface area contributed by atoms with E-state index in [1.807, 2.05) is 0 Å². The average molecular weight is 554 g/mol. The maximum absolute atomic E-state index is 14.3. The highest BCUT2D eigenvalue weighted by atomic mass is 16.5. The van der Waals surface area contributed by atoms with Gasteiger partial charge in [-0.1, -0.05) is 6.42 Å². The summed E-state index contributed by atoms with van der Waals surface area (Å²) in [6, 6.07) is 10.8. The molecule has 2 aliphatic heterocycles. The molecule has 2 amide bonds. The molecule has 2 aromatic carbocycles. The fraction of sp³-hybridized carbons (Fsp3) is 0.548. The number of carbonyl (C=O) groups is 2. The molecule has 2 atom stereocenters. The molecule has 0 saturated carbocycles. The molecule has 0 radical (unpaired) electrons. The molecule has 0 bridgehead atoms. The molecule has 2 aliphatic rings. The van der Waals surface area contributed by atoms with Crippen LogP contribution in [0.1, 0.15) is 56.3 Å². The number of carbonyl (C=O) groups excluding carboxylic acids is 2. The number of amides is 2. The standard InChI is InChI=1S/C31H43N3O6/c1-31(2,30(36)32-23-16-26(39-5)19-27(17-23)40-6)34(20-21-10-9-13-33-12-8-7-11-28(21)33)29(35)22-14-24(37-3)18-25(15-22)38-4/h14-19,21,28H,7-13,20H2,1-6H3,(H,32,36)/t21?,28-/m0/s1. The van der Waals surface area contributed by atoms with Crippen LogP contribution in [0.15, 0.2) is 36.4 Å². The van der Waals surface area contributed by atoms with E-state index in [0.29, 0.717) is 46.8 Å². The van der Waals surface area contributed by atoms with Gasteiger partial charge in [-0.15, -0.1) is 0 Å². The minimum Gasteiger partial charge on any atom is -0.497 e. The van der Waals surface area contributed by atoms with Crippen LogP contribution in [-0.4, -0.2) is 81.3 Å². The molecular weight excluding hydrogens is 510 g/mol. The Morgan fingerprint density at radius 2 is 1.38 bits per heavy atom. The van der Waals surface area contributed by atoms with Crippen LogP contribution in [0.2, 0.25) is 0 Å². The fourth-order valence-electron chi connectivity index (χ4n) is 5.96. The number of hydrogen-bond acceptors (Lipinski definition) is 7. The first-order chi connectivity index (χ1) is 19.2. The van der Waals surface area contributed by atoms with Crippen molar-refractivity contribution in [2.24, 2.45) is 5.92 Å². The average Bonchev–Trinajstić information content (AvgIpc) is 2.98. The smallest absolute Gasteiger partial charge is 0.255 e. The predicted molar refractivity (Wildman–Crippen MR) is 155 cm³/mol. The molecule has 40 heavy (non-hydrogen) atoms. The van der Waals surface area contributed by atoms with E-state index in [1.54, 1.807) is 83.6 Å². The molecule has 218 valence electrons. The monoisotopic (exact) mass is 553 g/mol. The first kappa shape index (κ1) is 29.5. The van der Waals surface area contributed by atoms with E-state index in [4.69, 9.17) is 18.9 Å². The Labute approximate surface area is 237 Å². The summed E-state index contributed by atoms with van der Waals surface area (Å²) in [7, 11) is 6.23. The van der Waals surface area contributed by atoms with Crippen LogP contribution in [0, 0.1) is 5.92 Å². The lowest BCUT2D eigenvalue weighted by molar-refractivity contribution is -0.125. The van der Waals surface area contributed by atoms with Crippen LogP contribution in [0.3, 0.4) is 0 Å². The minimum atomic E-state index is -1.18. The second-order valence-electron chi connectivity index (χ2n) is 11.1. The van der Waals surface area contributed by atoms with Crippen LogP contribution in [0.4, 0.5) is 5.69 Å². The number of methoxy groups -OCH3 is 4. The Morgan fingerprint density at radius 1 is 0.825 bits per heavy atom. The summed E-state index contributed by atoms with van der Waals surface area (Å²) >= 11 is 0. The van der Waals surface area contributed by atoms with Crippen molar-refractivity contribution in [1.82, 2.24) is 9.80 Å². The van der Waals surface area contributed by atoms with Gasteiger partial charge in [0.2, 0.25) is 5.91 Å². The molecule has 0 aliphatic carbocycles. The molecule has 9 nitrogen and oxygen atoms in total. The summed E-state index contributed by atoms with van der Waals surface area (Å²) in [5.74, 6) is 1.88. The lowest BCUT2D eigenvalue weighted by atomic mass is 9.82. The van der Waals surface area contributed by atoms with Gasteiger partial charge < -0.3 is 34.1 Å². The molecule has 9 heteroatoms. The van der Waals surface area contributed by atoms with E-state index >= 15 is 0 Å². The number of hydrogen-bond donors (Lipinski definition) is 1. The first-order valence-corrected chi connectivity index (χ1v) is 14.0. The first-order valence-electron chi connectivity index (χ1n) is 14.0. The molecule has 0 aromatic heterocycles. The molecule has 2 fully saturated rings. The summed E-state index contributed by atoms with van der Waals surface area (Å²) in [5.41, 5.74) is -0.238. The molecular formula is C31H43N3O6. The fourth-order valence-corrected chi connectivity index (χ4v) is 5.96. The largest absolute Gasteiger partial charge is 0.497 e. The number of anilines is 1. The van der Waals surface area contributed by atoms with Crippen LogP contribution in [0.25, 0.3) is 0 Å². The Hall–Kier alpha value is -3.46. The molecule has 2 heterocycles. The summed E-state index contributed by atoms with van der Waals surface area (Å²) in [5, 5.41) is 3.00. The molecule has 1 unspecified atom stereocenters. The Kier molecular flexibility index (Phi) is 9.45. The number of piperidine rings is 2. The van der Waals surface area contributed by atoms with Crippen molar-refractivity contribution in [1.29, 1.82) is 0 Å². The topological polar surface area (TPSA) is 89.6 Å². The number of nitrogens with one attached hydrogen (secondary N) is 1. The van der Waals surface area contributed by atoms with Crippen molar-refractivity contribution in [2.75, 3.05) is 53.4 Å². The Morgan fingerprint density at radius 3 is 1.95 bits per heavy atom. The lowest BCUT2D eigenvalue weighted by Gasteiger charge is -2.47. The van der Waals surface area contributed by atoms with Crippen LogP contribution in [0.5, 0.6) is 23.0 Å². The van der Waals surface area contributed by atoms with Gasteiger partial charge in [0.15, 0.2) is 0 Å². The Bertz CT molecular complexity index is 1150. The van der Waals surface area contributed by atoms with E-state index in [2.05, 4.69) is 10.2 Å². The Balaban J connectivity index is 1.69. The van der Waals surface area contributed by atoms with E-state index < -0.39 is 5.54 Å². The normalized spacial score (nSPS) is 19.2. The highest BCUT2D eigenvalue weighted by Crippen LogP contribution is 2.35. The second-order valence-corrected chi connectivity index (χ2v) is 11.1. The van der Waals surface area contributed by atoms with Gasteiger partial charge in [0.25, 0.3) is 5.91 Å². The zero-order valence-corrected chi connectivity index (χ0v) is 24.6. The van der Waals surface area contributed by atoms with Crippen molar-refractivity contribution >= 4 is 17.5 Å². The van der Waals surface area contributed by atoms with Crippen molar-refractivity contribution in [3.63, 3.8) is 0 Å². The lowest BCUT2D eigenvalue weighted by Crippen LogP contribution is -2.59. The van der Waals surface area contributed by atoms with E-state index in [9.17, 15) is 9.59 Å². The zero-order chi connectivity index (χ0) is 28.9. The van der Waals surface area contributed by atoms with Crippen LogP contribution >= 0.6 is 0 Å². The number of fused-ring (bicyclic) bond motifs is 1. The second kappa shape index (κ2) is 12.8. The van der Waals surface area contributed by atoms with Crippen molar-refractivity contribution in [3.8, 4) is 23.0 Å². The number of benzene rings is 2. The van der Waals surface area contributed by atoms with Gasteiger partial charge in [0.05, 0.1) is 28.4 Å². The van der Waals surface area contributed by atoms with Crippen molar-refractivity contribution in [2.45, 2.75) is 57.5 Å². The summed E-state index contributed by atoms with van der Waals surface area (Å²) in [6.45, 7) is 6.28. The SMILES string of the molecule is COc1cc(NC(=O)C(C)(C)N(CC2CCCN3CCCC[C@@H]23)C(=O)c2cc(OC)cc(OC)c2)cc(OC)c1. The molecule has 2 aromatic rings. The highest BCUT2D eigenvalue weighted by Gasteiger charge is 2.42. The third-order valence-electron chi connectivity index (χ3n) is 8.33. The molecule has 1 N–H and O–H groups in total. The highest BCUT2D eigenvalue weighted by molar-refractivity contribution is 6.03. The van der Waals surface area contributed by atoms with Gasteiger partial charge in [-0.3, -0.25) is 9.59 Å². The summed E-state index contributed by atoms with van der Waals surface area (Å²) in [4.78, 5) is 32.5. The van der Waals surface area contributed by atoms with Gasteiger partial charge >= 0.3 is 0 Å². The quantitative estimate of drug-likeness (QED) is 0.450. The van der Waals surface area contributed by atoms with Gasteiger partial charge in [-0.2, -0.15) is 0 Å². The van der Waals surface area contributed by atoms with Crippen LogP contribution in [-0.2, 0) is 4.79 Å². The minimum absolute atomic E-state index is 0.242. The maximum Gasteiger partial charge on any atom is 0.255 e. The summed E-state index contributed by atoms with van der Waals surface area (Å²) in [6.07, 6.45) is 5.65. The number of ether oxygens (including phenoxy) is 4. The third kappa shape index (κ3) is 6.46. The van der Waals surface area contributed by atoms with E-state index in [0.717, 1.165) is 32.4 Å². The van der Waals surface area contributed by atoms with E-state index in [1.165, 1.54) is 12.8 Å². The van der Waals surface area contributed by atoms with Crippen molar-refractivity contribution in [3.05, 3.63) is 42.0 Å². The number of rotatable bonds is 10. The summed E-state index contributed by atoms with van der Waals surface area (Å²) < 4.78 is 21.6. The molecule has 4 rings (SSSR count). The zero-order valence-electron chi connectivity index (χ0n) is 24.6. The van der Waals surface area contributed by atoms with Gasteiger partial charge in [0, 0.05) is 48.1 Å². The van der Waals surface area contributed by atoms with Gasteiger partial charge in [0.1, 0.15) is 28.5 Å². The van der Waals surface area contributed by atoms with Crippen molar-refractivity contribution < 1.29 is 28.5 Å². The number of nitrogens with zero attached hydrogens (tertiary/aromatic N) is 2. The van der Waals surface area contributed by atoms with Crippen LogP contribution < -0.4 is 24.3 Å². The van der Waals surface area contributed by atoms with Gasteiger partial charge in [-0.25, -0.2) is 0 Å². The molecule has 2 saturated heterocycles. The van der Waals surface area contributed by atoms with E-state index in [-0.39, 0.29) is 17.7 Å². The van der Waals surface area contributed by atoms with Gasteiger partial charge in [-0.05, 0) is 70.7 Å². The third-order valence-corrected chi connectivity index (χ3v) is 8.33. The maximum atomic E-state index is 14.3. The molecule has 0 spiro atoms.